The Morgan fingerprint density at radius 2 is 1.50 bits per heavy atom. The number of amides is 1. The predicted octanol–water partition coefficient (Wildman–Crippen LogP) is 2.94. The summed E-state index contributed by atoms with van der Waals surface area (Å²) in [5, 5.41) is 11.9. The van der Waals surface area contributed by atoms with Gasteiger partial charge in [-0.2, -0.15) is 0 Å². The van der Waals surface area contributed by atoms with Crippen molar-refractivity contribution in [1.29, 1.82) is 0 Å². The van der Waals surface area contributed by atoms with E-state index in [0.717, 1.165) is 6.42 Å². The minimum atomic E-state index is -0.988. The van der Waals surface area contributed by atoms with E-state index >= 15 is 0 Å². The molecule has 108 valence electrons. The summed E-state index contributed by atoms with van der Waals surface area (Å²) in [4.78, 5) is 23.0. The lowest BCUT2D eigenvalue weighted by Crippen LogP contribution is -2.63. The summed E-state index contributed by atoms with van der Waals surface area (Å²) in [5.41, 5.74) is 0.875. The number of carboxylic acids is 1. The third kappa shape index (κ3) is 2.55. The molecule has 1 saturated carbocycles. The van der Waals surface area contributed by atoms with Crippen LogP contribution in [0.15, 0.2) is 24.3 Å². The second-order valence-electron chi connectivity index (χ2n) is 6.94. The molecule has 0 radical (unpaired) electrons. The zero-order valence-corrected chi connectivity index (χ0v) is 12.4. The first-order valence-electron chi connectivity index (χ1n) is 6.78. The fourth-order valence-electron chi connectivity index (χ4n) is 3.67. The van der Waals surface area contributed by atoms with E-state index in [2.05, 4.69) is 33.0 Å². The molecule has 0 bridgehead atoms. The van der Waals surface area contributed by atoms with Crippen molar-refractivity contribution >= 4 is 11.9 Å². The van der Waals surface area contributed by atoms with Gasteiger partial charge in [-0.1, -0.05) is 27.7 Å². The van der Waals surface area contributed by atoms with Gasteiger partial charge >= 0.3 is 5.97 Å². The molecule has 0 spiro atoms. The van der Waals surface area contributed by atoms with Gasteiger partial charge in [0.05, 0.1) is 5.56 Å². The van der Waals surface area contributed by atoms with E-state index in [-0.39, 0.29) is 28.3 Å². The molecular formula is C16H21NO3. The molecule has 2 rings (SSSR count). The molecule has 1 aliphatic rings. The number of carboxylic acid groups (broad SMARTS) is 1. The molecule has 20 heavy (non-hydrogen) atoms. The van der Waals surface area contributed by atoms with E-state index in [0.29, 0.717) is 5.56 Å². The minimum Gasteiger partial charge on any atom is -0.478 e. The van der Waals surface area contributed by atoms with Crippen LogP contribution in [0.3, 0.4) is 0 Å². The lowest BCUT2D eigenvalue weighted by Gasteiger charge is -2.57. The van der Waals surface area contributed by atoms with Crippen LogP contribution in [0.4, 0.5) is 0 Å². The van der Waals surface area contributed by atoms with Crippen molar-refractivity contribution in [2.45, 2.75) is 40.2 Å². The highest BCUT2D eigenvalue weighted by Crippen LogP contribution is 2.53. The highest BCUT2D eigenvalue weighted by molar-refractivity contribution is 5.96. The normalized spacial score (nSPS) is 20.0. The Hall–Kier alpha value is -1.84. The molecule has 1 fully saturated rings. The lowest BCUT2D eigenvalue weighted by molar-refractivity contribution is -0.0366. The first kappa shape index (κ1) is 14.6. The van der Waals surface area contributed by atoms with Crippen LogP contribution >= 0.6 is 0 Å². The fourth-order valence-corrected chi connectivity index (χ4v) is 3.67. The highest BCUT2D eigenvalue weighted by atomic mass is 16.4. The van der Waals surface area contributed by atoms with Crippen molar-refractivity contribution < 1.29 is 14.7 Å². The maximum Gasteiger partial charge on any atom is 0.335 e. The monoisotopic (exact) mass is 275 g/mol. The third-order valence-electron chi connectivity index (χ3n) is 4.14. The van der Waals surface area contributed by atoms with Crippen LogP contribution in [0.2, 0.25) is 0 Å². The van der Waals surface area contributed by atoms with Crippen LogP contribution in [-0.4, -0.2) is 23.0 Å². The Kier molecular flexibility index (Phi) is 3.36. The van der Waals surface area contributed by atoms with Crippen LogP contribution in [0.5, 0.6) is 0 Å². The zero-order valence-electron chi connectivity index (χ0n) is 12.4. The van der Waals surface area contributed by atoms with E-state index in [1.54, 1.807) is 12.1 Å². The summed E-state index contributed by atoms with van der Waals surface area (Å²) in [6.07, 6.45) is 1.07. The molecule has 1 aromatic rings. The summed E-state index contributed by atoms with van der Waals surface area (Å²) in [6.45, 7) is 8.60. The van der Waals surface area contributed by atoms with Crippen LogP contribution in [0, 0.1) is 10.8 Å². The SMILES string of the molecule is CC1(C)CC(C)(C)C1NC(=O)c1ccc(C(=O)O)cc1. The Morgan fingerprint density at radius 1 is 1.05 bits per heavy atom. The molecule has 0 atom stereocenters. The quantitative estimate of drug-likeness (QED) is 0.891. The van der Waals surface area contributed by atoms with Crippen molar-refractivity contribution in [3.63, 3.8) is 0 Å². The molecule has 1 amide bonds. The van der Waals surface area contributed by atoms with Gasteiger partial charge in [-0.25, -0.2) is 4.79 Å². The van der Waals surface area contributed by atoms with Crippen molar-refractivity contribution in [2.75, 3.05) is 0 Å². The molecule has 0 unspecified atom stereocenters. The van der Waals surface area contributed by atoms with E-state index in [9.17, 15) is 9.59 Å². The summed E-state index contributed by atoms with van der Waals surface area (Å²) < 4.78 is 0. The summed E-state index contributed by atoms with van der Waals surface area (Å²) in [6, 6.07) is 6.14. The number of rotatable bonds is 3. The van der Waals surface area contributed by atoms with Crippen LogP contribution in [0.1, 0.15) is 54.8 Å². The highest BCUT2D eigenvalue weighted by Gasteiger charge is 2.53. The van der Waals surface area contributed by atoms with Gasteiger partial charge in [0.1, 0.15) is 0 Å². The fraction of sp³-hybridized carbons (Fsp3) is 0.500. The zero-order chi connectivity index (χ0) is 15.1. The number of aromatic carboxylic acids is 1. The number of carbonyl (C=O) groups excluding carboxylic acids is 1. The molecule has 2 N–H and O–H groups in total. The van der Waals surface area contributed by atoms with Gasteiger partial charge in [-0.3, -0.25) is 4.79 Å². The lowest BCUT2D eigenvalue weighted by atomic mass is 9.52. The molecule has 0 aromatic heterocycles. The van der Waals surface area contributed by atoms with Crippen LogP contribution in [-0.2, 0) is 0 Å². The van der Waals surface area contributed by atoms with Gasteiger partial charge in [0.2, 0.25) is 0 Å². The Balaban J connectivity index is 2.11. The number of carbonyl (C=O) groups is 2. The molecule has 0 saturated heterocycles. The van der Waals surface area contributed by atoms with E-state index in [4.69, 9.17) is 5.11 Å². The smallest absolute Gasteiger partial charge is 0.335 e. The number of nitrogens with one attached hydrogen (secondary N) is 1. The third-order valence-corrected chi connectivity index (χ3v) is 4.14. The first-order chi connectivity index (χ1) is 9.13. The summed E-state index contributed by atoms with van der Waals surface area (Å²) >= 11 is 0. The number of hydrogen-bond acceptors (Lipinski definition) is 2. The first-order valence-corrected chi connectivity index (χ1v) is 6.78. The molecule has 4 nitrogen and oxygen atoms in total. The Morgan fingerprint density at radius 3 is 1.90 bits per heavy atom. The standard InChI is InChI=1S/C16H21NO3/c1-15(2)9-16(3,4)14(15)17-12(18)10-5-7-11(8-6-10)13(19)20/h5-8,14H,9H2,1-4H3,(H,17,18)(H,19,20). The predicted molar refractivity (Wildman–Crippen MR) is 76.8 cm³/mol. The summed E-state index contributed by atoms with van der Waals surface area (Å²) in [7, 11) is 0. The van der Waals surface area contributed by atoms with Gasteiger partial charge in [-0.05, 0) is 41.5 Å². The average molecular weight is 275 g/mol. The van der Waals surface area contributed by atoms with Gasteiger partial charge in [-0.15, -0.1) is 0 Å². The van der Waals surface area contributed by atoms with E-state index in [1.807, 2.05) is 0 Å². The van der Waals surface area contributed by atoms with Crippen molar-refractivity contribution in [2.24, 2.45) is 10.8 Å². The van der Waals surface area contributed by atoms with Gasteiger partial charge < -0.3 is 10.4 Å². The number of hydrogen-bond donors (Lipinski definition) is 2. The number of benzene rings is 1. The van der Waals surface area contributed by atoms with Crippen molar-refractivity contribution in [1.82, 2.24) is 5.32 Å². The van der Waals surface area contributed by atoms with Gasteiger partial charge in [0.15, 0.2) is 0 Å². The van der Waals surface area contributed by atoms with Crippen molar-refractivity contribution in [3.8, 4) is 0 Å². The van der Waals surface area contributed by atoms with Gasteiger partial charge in [0, 0.05) is 11.6 Å². The summed E-state index contributed by atoms with van der Waals surface area (Å²) in [5.74, 6) is -1.13. The molecule has 4 heteroatoms. The van der Waals surface area contributed by atoms with Gasteiger partial charge in [0.25, 0.3) is 5.91 Å². The maximum absolute atomic E-state index is 12.2. The van der Waals surface area contributed by atoms with Crippen molar-refractivity contribution in [3.05, 3.63) is 35.4 Å². The Bertz CT molecular complexity index is 529. The molecule has 1 aromatic carbocycles. The molecular weight excluding hydrogens is 254 g/mol. The van der Waals surface area contributed by atoms with Crippen LogP contribution in [0.25, 0.3) is 0 Å². The average Bonchev–Trinajstić information content (AvgIpc) is 2.34. The van der Waals surface area contributed by atoms with Crippen LogP contribution < -0.4 is 5.32 Å². The largest absolute Gasteiger partial charge is 0.478 e. The second-order valence-corrected chi connectivity index (χ2v) is 6.94. The minimum absolute atomic E-state index is 0.0974. The topological polar surface area (TPSA) is 66.4 Å². The molecule has 0 aliphatic heterocycles. The van der Waals surface area contributed by atoms with E-state index in [1.165, 1.54) is 12.1 Å². The molecule has 1 aliphatic carbocycles. The molecule has 0 heterocycles. The Labute approximate surface area is 119 Å². The van der Waals surface area contributed by atoms with E-state index < -0.39 is 5.97 Å². The maximum atomic E-state index is 12.2. The second kappa shape index (κ2) is 4.62.